The molecule has 0 spiro atoms. The average Bonchev–Trinajstić information content (AvgIpc) is 2.94. The summed E-state index contributed by atoms with van der Waals surface area (Å²) >= 11 is 0. The number of carbonyl (C=O) groups is 1. The van der Waals surface area contributed by atoms with Crippen molar-refractivity contribution in [1.82, 2.24) is 15.4 Å². The number of aromatic amines is 1. The first-order valence-electron chi connectivity index (χ1n) is 6.25. The molecule has 0 radical (unpaired) electrons. The van der Waals surface area contributed by atoms with Gasteiger partial charge in [0.25, 0.3) is 0 Å². The van der Waals surface area contributed by atoms with Crippen LogP contribution < -0.4 is 9.47 Å². The van der Waals surface area contributed by atoms with Crippen LogP contribution in [0.4, 0.5) is 0 Å². The predicted octanol–water partition coefficient (Wildman–Crippen LogP) is 2.33. The summed E-state index contributed by atoms with van der Waals surface area (Å²) in [5.74, 6) is 1.01. The van der Waals surface area contributed by atoms with Gasteiger partial charge in [-0.3, -0.25) is 4.79 Å². The SMILES string of the molecule is COc1ccc(-c2n[nH]nc2C(=O)C(C)C)cc1OC. The molecule has 0 saturated carbocycles. The molecule has 6 heteroatoms. The average molecular weight is 275 g/mol. The van der Waals surface area contributed by atoms with Crippen molar-refractivity contribution in [2.24, 2.45) is 5.92 Å². The topological polar surface area (TPSA) is 77.1 Å². The van der Waals surface area contributed by atoms with E-state index in [1.807, 2.05) is 19.9 Å². The van der Waals surface area contributed by atoms with Crippen molar-refractivity contribution < 1.29 is 14.3 Å². The van der Waals surface area contributed by atoms with Gasteiger partial charge in [-0.25, -0.2) is 0 Å². The van der Waals surface area contributed by atoms with Gasteiger partial charge in [0.15, 0.2) is 23.0 Å². The molecule has 2 rings (SSSR count). The number of hydrogen-bond acceptors (Lipinski definition) is 5. The van der Waals surface area contributed by atoms with Crippen LogP contribution in [-0.2, 0) is 0 Å². The number of aromatic nitrogens is 3. The van der Waals surface area contributed by atoms with Crippen LogP contribution in [0.25, 0.3) is 11.3 Å². The van der Waals surface area contributed by atoms with E-state index in [1.54, 1.807) is 26.4 Å². The minimum Gasteiger partial charge on any atom is -0.493 e. The summed E-state index contributed by atoms with van der Waals surface area (Å²) in [6, 6.07) is 5.36. The molecule has 2 aromatic rings. The summed E-state index contributed by atoms with van der Waals surface area (Å²) in [5, 5.41) is 10.5. The Bertz CT molecular complexity index is 620. The van der Waals surface area contributed by atoms with Gasteiger partial charge >= 0.3 is 0 Å². The number of nitrogens with one attached hydrogen (secondary N) is 1. The van der Waals surface area contributed by atoms with E-state index in [9.17, 15) is 4.79 Å². The summed E-state index contributed by atoms with van der Waals surface area (Å²) in [5.41, 5.74) is 1.61. The Morgan fingerprint density at radius 1 is 1.15 bits per heavy atom. The van der Waals surface area contributed by atoms with Crippen LogP contribution in [0.15, 0.2) is 18.2 Å². The van der Waals surface area contributed by atoms with Gasteiger partial charge in [0.1, 0.15) is 5.69 Å². The number of Topliss-reactive ketones (excluding diaryl/α,β-unsaturated/α-hetero) is 1. The maximum Gasteiger partial charge on any atom is 0.187 e. The Balaban J connectivity index is 2.47. The molecule has 1 aromatic heterocycles. The highest BCUT2D eigenvalue weighted by Gasteiger charge is 2.21. The van der Waals surface area contributed by atoms with Crippen LogP contribution in [0.3, 0.4) is 0 Å². The fourth-order valence-corrected chi connectivity index (χ4v) is 1.86. The lowest BCUT2D eigenvalue weighted by Gasteiger charge is -2.09. The number of ketones is 1. The number of benzene rings is 1. The molecule has 0 aliphatic carbocycles. The molecule has 0 saturated heterocycles. The van der Waals surface area contributed by atoms with E-state index in [0.717, 1.165) is 5.56 Å². The Hall–Kier alpha value is -2.37. The maximum absolute atomic E-state index is 12.1. The highest BCUT2D eigenvalue weighted by Crippen LogP contribution is 2.32. The lowest BCUT2D eigenvalue weighted by Crippen LogP contribution is -2.09. The number of methoxy groups -OCH3 is 2. The lowest BCUT2D eigenvalue weighted by atomic mass is 10.0. The Morgan fingerprint density at radius 2 is 1.85 bits per heavy atom. The van der Waals surface area contributed by atoms with Crippen molar-refractivity contribution in [1.29, 1.82) is 0 Å². The molecule has 0 amide bonds. The van der Waals surface area contributed by atoms with Crippen LogP contribution in [-0.4, -0.2) is 35.4 Å². The molecule has 0 fully saturated rings. The number of carbonyl (C=O) groups excluding carboxylic acids is 1. The molecule has 20 heavy (non-hydrogen) atoms. The first-order valence-corrected chi connectivity index (χ1v) is 6.25. The number of hydrogen-bond donors (Lipinski definition) is 1. The first kappa shape index (κ1) is 14.0. The van der Waals surface area contributed by atoms with E-state index in [1.165, 1.54) is 0 Å². The predicted molar refractivity (Wildman–Crippen MR) is 74.1 cm³/mol. The molecule has 106 valence electrons. The van der Waals surface area contributed by atoms with Crippen LogP contribution in [0, 0.1) is 5.92 Å². The van der Waals surface area contributed by atoms with Gasteiger partial charge in [-0.15, -0.1) is 0 Å². The summed E-state index contributed by atoms with van der Waals surface area (Å²) in [7, 11) is 3.13. The number of ether oxygens (including phenoxy) is 2. The highest BCUT2D eigenvalue weighted by atomic mass is 16.5. The summed E-state index contributed by atoms with van der Waals surface area (Å²) in [4.78, 5) is 12.1. The maximum atomic E-state index is 12.1. The van der Waals surface area contributed by atoms with Crippen molar-refractivity contribution >= 4 is 5.78 Å². The Kier molecular flexibility index (Phi) is 4.02. The smallest absolute Gasteiger partial charge is 0.187 e. The lowest BCUT2D eigenvalue weighted by molar-refractivity contribution is 0.0935. The van der Waals surface area contributed by atoms with E-state index in [-0.39, 0.29) is 11.7 Å². The highest BCUT2D eigenvalue weighted by molar-refractivity contribution is 6.00. The van der Waals surface area contributed by atoms with E-state index in [2.05, 4.69) is 15.4 Å². The largest absolute Gasteiger partial charge is 0.493 e. The van der Waals surface area contributed by atoms with Gasteiger partial charge in [-0.1, -0.05) is 13.8 Å². The van der Waals surface area contributed by atoms with E-state index in [4.69, 9.17) is 9.47 Å². The number of rotatable bonds is 5. The van der Waals surface area contributed by atoms with Gasteiger partial charge in [0.2, 0.25) is 0 Å². The number of H-pyrrole nitrogens is 1. The third-order valence-corrected chi connectivity index (χ3v) is 2.96. The zero-order valence-electron chi connectivity index (χ0n) is 11.9. The van der Waals surface area contributed by atoms with Gasteiger partial charge in [0, 0.05) is 11.5 Å². The molecule has 0 aliphatic heterocycles. The minimum atomic E-state index is -0.140. The first-order chi connectivity index (χ1) is 9.58. The normalized spacial score (nSPS) is 10.7. The zero-order chi connectivity index (χ0) is 14.7. The molecule has 0 unspecified atom stereocenters. The number of nitrogens with zero attached hydrogens (tertiary/aromatic N) is 2. The molecule has 1 aromatic carbocycles. The fraction of sp³-hybridized carbons (Fsp3) is 0.357. The zero-order valence-corrected chi connectivity index (χ0v) is 11.9. The molecule has 0 aliphatic rings. The quantitative estimate of drug-likeness (QED) is 0.847. The van der Waals surface area contributed by atoms with Crippen molar-refractivity contribution in [3.8, 4) is 22.8 Å². The van der Waals surface area contributed by atoms with Gasteiger partial charge < -0.3 is 9.47 Å². The molecular formula is C14H17N3O3. The second-order valence-corrected chi connectivity index (χ2v) is 4.61. The summed E-state index contributed by atoms with van der Waals surface area (Å²) in [6.07, 6.45) is 0. The van der Waals surface area contributed by atoms with Crippen LogP contribution >= 0.6 is 0 Å². The van der Waals surface area contributed by atoms with Crippen LogP contribution in [0.2, 0.25) is 0 Å². The van der Waals surface area contributed by atoms with E-state index >= 15 is 0 Å². The molecule has 0 atom stereocenters. The summed E-state index contributed by atoms with van der Waals surface area (Å²) < 4.78 is 10.4. The fourth-order valence-electron chi connectivity index (χ4n) is 1.86. The third-order valence-electron chi connectivity index (χ3n) is 2.96. The van der Waals surface area contributed by atoms with Crippen molar-refractivity contribution in [2.45, 2.75) is 13.8 Å². The van der Waals surface area contributed by atoms with Gasteiger partial charge in [0.05, 0.1) is 14.2 Å². The second kappa shape index (κ2) is 5.73. The molecule has 0 bridgehead atoms. The van der Waals surface area contributed by atoms with Crippen LogP contribution in [0.5, 0.6) is 11.5 Å². The van der Waals surface area contributed by atoms with Gasteiger partial charge in [-0.2, -0.15) is 15.4 Å². The van der Waals surface area contributed by atoms with E-state index < -0.39 is 0 Å². The van der Waals surface area contributed by atoms with Crippen LogP contribution in [0.1, 0.15) is 24.3 Å². The van der Waals surface area contributed by atoms with Gasteiger partial charge in [-0.05, 0) is 18.2 Å². The minimum absolute atomic E-state index is 0.0523. The Morgan fingerprint density at radius 3 is 2.45 bits per heavy atom. The standard InChI is InChI=1S/C14H17N3O3/c1-8(2)14(18)13-12(15-17-16-13)9-5-6-10(19-3)11(7-9)20-4/h5-8H,1-4H3,(H,15,16,17). The van der Waals surface area contributed by atoms with Crippen molar-refractivity contribution in [2.75, 3.05) is 14.2 Å². The Labute approximate surface area is 117 Å². The molecule has 1 N–H and O–H groups in total. The summed E-state index contributed by atoms with van der Waals surface area (Å²) in [6.45, 7) is 3.66. The van der Waals surface area contributed by atoms with Crippen molar-refractivity contribution in [3.63, 3.8) is 0 Å². The van der Waals surface area contributed by atoms with E-state index in [0.29, 0.717) is 22.9 Å². The molecule has 1 heterocycles. The third kappa shape index (κ3) is 2.49. The second-order valence-electron chi connectivity index (χ2n) is 4.61. The molecule has 6 nitrogen and oxygen atoms in total. The molecular weight excluding hydrogens is 258 g/mol. The monoisotopic (exact) mass is 275 g/mol. The van der Waals surface area contributed by atoms with Crippen molar-refractivity contribution in [3.05, 3.63) is 23.9 Å².